The summed E-state index contributed by atoms with van der Waals surface area (Å²) in [5, 5.41) is 22.8. The summed E-state index contributed by atoms with van der Waals surface area (Å²) in [4.78, 5) is 22.0. The van der Waals surface area contributed by atoms with Crippen LogP contribution in [0.25, 0.3) is 0 Å². The quantitative estimate of drug-likeness (QED) is 0.633. The van der Waals surface area contributed by atoms with Gasteiger partial charge in [0.25, 0.3) is 11.6 Å². The van der Waals surface area contributed by atoms with Crippen LogP contribution >= 0.6 is 0 Å². The fraction of sp³-hybridized carbons (Fsp3) is 0.133. The number of hydrogen-bond donors (Lipinski definition) is 2. The summed E-state index contributed by atoms with van der Waals surface area (Å²) >= 11 is 0. The van der Waals surface area contributed by atoms with Crippen LogP contribution < -0.4 is 10.1 Å². The first-order valence-electron chi connectivity index (χ1n) is 6.76. The molecule has 0 aliphatic carbocycles. The SMILES string of the molecule is O=C(NCc1cc([N+](=O)[O-])ccc1O)c1ccc(OC(F)(F)F)cc1. The van der Waals surface area contributed by atoms with Gasteiger partial charge in [-0.3, -0.25) is 14.9 Å². The zero-order valence-electron chi connectivity index (χ0n) is 12.4. The molecule has 0 atom stereocenters. The van der Waals surface area contributed by atoms with Crippen LogP contribution in [0.1, 0.15) is 15.9 Å². The van der Waals surface area contributed by atoms with Gasteiger partial charge in [-0.1, -0.05) is 0 Å². The van der Waals surface area contributed by atoms with Gasteiger partial charge in [-0.05, 0) is 30.3 Å². The highest BCUT2D eigenvalue weighted by Gasteiger charge is 2.31. The highest BCUT2D eigenvalue weighted by molar-refractivity contribution is 5.94. The van der Waals surface area contributed by atoms with E-state index >= 15 is 0 Å². The van der Waals surface area contributed by atoms with Gasteiger partial charge in [0.15, 0.2) is 0 Å². The molecule has 0 spiro atoms. The first-order chi connectivity index (χ1) is 11.7. The van der Waals surface area contributed by atoms with E-state index < -0.39 is 22.9 Å². The first kappa shape index (κ1) is 18.0. The number of rotatable bonds is 5. The maximum absolute atomic E-state index is 12.1. The van der Waals surface area contributed by atoms with E-state index in [1.165, 1.54) is 0 Å². The van der Waals surface area contributed by atoms with E-state index in [4.69, 9.17) is 0 Å². The number of alkyl halides is 3. The molecule has 10 heteroatoms. The smallest absolute Gasteiger partial charge is 0.508 e. The summed E-state index contributed by atoms with van der Waals surface area (Å²) in [7, 11) is 0. The molecule has 0 heterocycles. The number of benzene rings is 2. The Morgan fingerprint density at radius 3 is 2.40 bits per heavy atom. The summed E-state index contributed by atoms with van der Waals surface area (Å²) in [6.45, 7) is -0.201. The monoisotopic (exact) mass is 356 g/mol. The number of hydrogen-bond acceptors (Lipinski definition) is 5. The third-order valence-electron chi connectivity index (χ3n) is 3.06. The van der Waals surface area contributed by atoms with Gasteiger partial charge in [-0.15, -0.1) is 13.2 Å². The summed E-state index contributed by atoms with van der Waals surface area (Å²) in [5.74, 6) is -1.34. The summed E-state index contributed by atoms with van der Waals surface area (Å²) in [6, 6.07) is 7.56. The van der Waals surface area contributed by atoms with Crippen molar-refractivity contribution in [1.29, 1.82) is 0 Å². The van der Waals surface area contributed by atoms with E-state index in [1.807, 2.05) is 0 Å². The number of carbonyl (C=O) groups excluding carboxylic acids is 1. The van der Waals surface area contributed by atoms with Crippen LogP contribution in [0.2, 0.25) is 0 Å². The average Bonchev–Trinajstić information content (AvgIpc) is 2.52. The number of halogens is 3. The van der Waals surface area contributed by atoms with Gasteiger partial charge in [-0.2, -0.15) is 0 Å². The van der Waals surface area contributed by atoms with E-state index in [9.17, 15) is 33.2 Å². The fourth-order valence-corrected chi connectivity index (χ4v) is 1.91. The summed E-state index contributed by atoms with van der Waals surface area (Å²) < 4.78 is 39.9. The molecule has 0 aliphatic heterocycles. The van der Waals surface area contributed by atoms with Crippen LogP contribution in [-0.4, -0.2) is 22.3 Å². The Balaban J connectivity index is 2.03. The number of ether oxygens (including phenoxy) is 1. The summed E-state index contributed by atoms with van der Waals surface area (Å²) in [6.07, 6.45) is -4.83. The molecule has 0 aromatic heterocycles. The lowest BCUT2D eigenvalue weighted by molar-refractivity contribution is -0.384. The lowest BCUT2D eigenvalue weighted by atomic mass is 10.1. The van der Waals surface area contributed by atoms with Crippen LogP contribution in [0.5, 0.6) is 11.5 Å². The maximum Gasteiger partial charge on any atom is 0.573 e. The lowest BCUT2D eigenvalue weighted by Gasteiger charge is -2.10. The highest BCUT2D eigenvalue weighted by atomic mass is 19.4. The minimum absolute atomic E-state index is 0.0550. The highest BCUT2D eigenvalue weighted by Crippen LogP contribution is 2.24. The molecule has 0 saturated carbocycles. The first-order valence-corrected chi connectivity index (χ1v) is 6.76. The molecule has 7 nitrogen and oxygen atoms in total. The van der Waals surface area contributed by atoms with Crippen LogP contribution in [0.15, 0.2) is 42.5 Å². The number of carbonyl (C=O) groups is 1. The second-order valence-electron chi connectivity index (χ2n) is 4.82. The van der Waals surface area contributed by atoms with Crippen LogP contribution in [0, 0.1) is 10.1 Å². The number of nitrogens with zero attached hydrogens (tertiary/aromatic N) is 1. The average molecular weight is 356 g/mol. The van der Waals surface area contributed by atoms with Crippen molar-refractivity contribution in [1.82, 2.24) is 5.32 Å². The predicted octanol–water partition coefficient (Wildman–Crippen LogP) is 3.13. The Hall–Kier alpha value is -3.30. The van der Waals surface area contributed by atoms with Gasteiger partial charge >= 0.3 is 6.36 Å². The molecule has 2 N–H and O–H groups in total. The second-order valence-corrected chi connectivity index (χ2v) is 4.82. The number of nitrogens with one attached hydrogen (secondary N) is 1. The molecule has 0 fully saturated rings. The number of phenols is 1. The molecule has 0 unspecified atom stereocenters. The molecule has 2 rings (SSSR count). The molecule has 132 valence electrons. The van der Waals surface area contributed by atoms with Crippen molar-refractivity contribution in [3.63, 3.8) is 0 Å². The Morgan fingerprint density at radius 1 is 1.20 bits per heavy atom. The number of amides is 1. The number of phenolic OH excluding ortho intramolecular Hbond substituents is 1. The Morgan fingerprint density at radius 2 is 1.84 bits per heavy atom. The van der Waals surface area contributed by atoms with Crippen molar-refractivity contribution in [2.24, 2.45) is 0 Å². The minimum atomic E-state index is -4.83. The molecular formula is C15H11F3N2O5. The van der Waals surface area contributed by atoms with Crippen LogP contribution in [-0.2, 0) is 6.54 Å². The molecular weight excluding hydrogens is 345 g/mol. The molecule has 0 saturated heterocycles. The van der Waals surface area contributed by atoms with Gasteiger partial charge in [0.05, 0.1) is 4.92 Å². The fourth-order valence-electron chi connectivity index (χ4n) is 1.91. The van der Waals surface area contributed by atoms with Crippen molar-refractivity contribution < 1.29 is 32.7 Å². The second kappa shape index (κ2) is 7.07. The Bertz CT molecular complexity index is 791. The summed E-state index contributed by atoms with van der Waals surface area (Å²) in [5.41, 5.74) is -0.0743. The van der Waals surface area contributed by atoms with E-state index in [1.54, 1.807) is 0 Å². The predicted molar refractivity (Wildman–Crippen MR) is 79.1 cm³/mol. The molecule has 0 radical (unpaired) electrons. The van der Waals surface area contributed by atoms with Crippen molar-refractivity contribution in [3.8, 4) is 11.5 Å². The minimum Gasteiger partial charge on any atom is -0.508 e. The Labute approximate surface area is 138 Å². The van der Waals surface area contributed by atoms with Gasteiger partial charge < -0.3 is 15.2 Å². The van der Waals surface area contributed by atoms with Gasteiger partial charge in [-0.25, -0.2) is 0 Å². The molecule has 0 bridgehead atoms. The topological polar surface area (TPSA) is 102 Å². The van der Waals surface area contributed by atoms with Gasteiger partial charge in [0, 0.05) is 29.8 Å². The number of aromatic hydroxyl groups is 1. The molecule has 1 amide bonds. The van der Waals surface area contributed by atoms with Gasteiger partial charge in [0.1, 0.15) is 11.5 Å². The molecule has 2 aromatic rings. The third-order valence-corrected chi connectivity index (χ3v) is 3.06. The zero-order chi connectivity index (χ0) is 18.6. The maximum atomic E-state index is 12.1. The van der Waals surface area contributed by atoms with E-state index in [0.29, 0.717) is 0 Å². The van der Waals surface area contributed by atoms with E-state index in [-0.39, 0.29) is 29.1 Å². The van der Waals surface area contributed by atoms with Crippen molar-refractivity contribution in [2.45, 2.75) is 12.9 Å². The Kier molecular flexibility index (Phi) is 5.11. The van der Waals surface area contributed by atoms with E-state index in [2.05, 4.69) is 10.1 Å². The standard InChI is InChI=1S/C15H11F3N2O5/c16-15(17,18)25-12-4-1-9(2-5-12)14(22)19-8-10-7-11(20(23)24)3-6-13(10)21/h1-7,21H,8H2,(H,19,22). The number of nitro groups is 1. The van der Waals surface area contributed by atoms with Crippen LogP contribution in [0.3, 0.4) is 0 Å². The number of nitro benzene ring substituents is 1. The molecule has 2 aromatic carbocycles. The van der Waals surface area contributed by atoms with Crippen molar-refractivity contribution in [2.75, 3.05) is 0 Å². The molecule has 25 heavy (non-hydrogen) atoms. The molecule has 0 aliphatic rings. The largest absolute Gasteiger partial charge is 0.573 e. The normalized spacial score (nSPS) is 11.0. The van der Waals surface area contributed by atoms with Gasteiger partial charge in [0.2, 0.25) is 0 Å². The lowest BCUT2D eigenvalue weighted by Crippen LogP contribution is -2.23. The van der Waals surface area contributed by atoms with Crippen molar-refractivity contribution >= 4 is 11.6 Å². The van der Waals surface area contributed by atoms with Crippen molar-refractivity contribution in [3.05, 3.63) is 63.7 Å². The van der Waals surface area contributed by atoms with Crippen LogP contribution in [0.4, 0.5) is 18.9 Å². The van der Waals surface area contributed by atoms with E-state index in [0.717, 1.165) is 42.5 Å². The zero-order valence-corrected chi connectivity index (χ0v) is 12.4. The third kappa shape index (κ3) is 5.09. The number of non-ortho nitro benzene ring substituents is 1.